The van der Waals surface area contributed by atoms with Gasteiger partial charge in [-0.05, 0) is 13.3 Å². The maximum absolute atomic E-state index is 11.2. The Morgan fingerprint density at radius 3 is 2.86 bits per heavy atom. The summed E-state index contributed by atoms with van der Waals surface area (Å²) in [6.45, 7) is 5.92. The number of aromatic amines is 1. The lowest BCUT2D eigenvalue weighted by Crippen LogP contribution is -2.16. The van der Waals surface area contributed by atoms with E-state index >= 15 is 0 Å². The molecule has 0 aliphatic carbocycles. The van der Waals surface area contributed by atoms with Crippen molar-refractivity contribution >= 4 is 0 Å². The van der Waals surface area contributed by atoms with E-state index in [-0.39, 0.29) is 11.7 Å². The molecule has 0 saturated carbocycles. The number of hydrogen-bond acceptors (Lipinski definition) is 3. The number of rotatable bonds is 4. The maximum atomic E-state index is 11.2. The molecule has 0 radical (unpaired) electrons. The highest BCUT2D eigenvalue weighted by Gasteiger charge is 2.04. The van der Waals surface area contributed by atoms with Crippen LogP contribution in [0.5, 0.6) is 5.88 Å². The Hall–Kier alpha value is -1.32. The summed E-state index contributed by atoms with van der Waals surface area (Å²) in [7, 11) is 0. The number of H-pyrrole nitrogens is 1. The molecule has 78 valence electrons. The van der Waals surface area contributed by atoms with Crippen molar-refractivity contribution < 1.29 is 4.74 Å². The summed E-state index contributed by atoms with van der Waals surface area (Å²) in [6.07, 6.45) is 1.69. The number of nitrogens with one attached hydrogen (secondary N) is 1. The first-order valence-electron chi connectivity index (χ1n) is 4.92. The second-order valence-corrected chi connectivity index (χ2v) is 3.22. The Labute approximate surface area is 83.3 Å². The van der Waals surface area contributed by atoms with Crippen LogP contribution in [0.25, 0.3) is 0 Å². The number of hydrogen-bond donors (Lipinski definition) is 1. The lowest BCUT2D eigenvalue weighted by molar-refractivity contribution is 0.207. The standard InChI is InChI=1S/C10H16N2O2/c1-4-7(3)14-10-6-9(13)11-8(5-2)12-10/h6-7H,4-5H2,1-3H3,(H,11,12,13). The second-order valence-electron chi connectivity index (χ2n) is 3.22. The lowest BCUT2D eigenvalue weighted by Gasteiger charge is -2.11. The average Bonchev–Trinajstić information content (AvgIpc) is 2.16. The fraction of sp³-hybridized carbons (Fsp3) is 0.600. The van der Waals surface area contributed by atoms with Gasteiger partial charge in [0.15, 0.2) is 0 Å². The lowest BCUT2D eigenvalue weighted by atomic mass is 10.3. The highest BCUT2D eigenvalue weighted by molar-refractivity contribution is 5.09. The van der Waals surface area contributed by atoms with E-state index < -0.39 is 0 Å². The fourth-order valence-corrected chi connectivity index (χ4v) is 1.00. The van der Waals surface area contributed by atoms with Crippen molar-refractivity contribution in [2.75, 3.05) is 0 Å². The zero-order valence-electron chi connectivity index (χ0n) is 8.83. The van der Waals surface area contributed by atoms with Gasteiger partial charge in [0.05, 0.1) is 12.2 Å². The van der Waals surface area contributed by atoms with Crippen LogP contribution in [0.4, 0.5) is 0 Å². The van der Waals surface area contributed by atoms with E-state index in [1.165, 1.54) is 6.07 Å². The molecule has 0 amide bonds. The van der Waals surface area contributed by atoms with E-state index in [1.807, 2.05) is 20.8 Å². The van der Waals surface area contributed by atoms with Crippen LogP contribution in [0, 0.1) is 0 Å². The quantitative estimate of drug-likeness (QED) is 0.794. The summed E-state index contributed by atoms with van der Waals surface area (Å²) in [5.74, 6) is 1.08. The van der Waals surface area contributed by atoms with Gasteiger partial charge in [-0.1, -0.05) is 13.8 Å². The van der Waals surface area contributed by atoms with Gasteiger partial charge in [-0.25, -0.2) is 4.98 Å². The van der Waals surface area contributed by atoms with Crippen LogP contribution in [-0.4, -0.2) is 16.1 Å². The third-order valence-electron chi connectivity index (χ3n) is 2.00. The molecule has 14 heavy (non-hydrogen) atoms. The molecule has 4 nitrogen and oxygen atoms in total. The van der Waals surface area contributed by atoms with Crippen LogP contribution in [-0.2, 0) is 6.42 Å². The zero-order chi connectivity index (χ0) is 10.6. The van der Waals surface area contributed by atoms with Crippen LogP contribution in [0.3, 0.4) is 0 Å². The first kappa shape index (κ1) is 10.8. The molecule has 0 fully saturated rings. The van der Waals surface area contributed by atoms with Gasteiger partial charge >= 0.3 is 0 Å². The van der Waals surface area contributed by atoms with Gasteiger partial charge in [0.2, 0.25) is 5.88 Å². The van der Waals surface area contributed by atoms with Crippen molar-refractivity contribution in [3.05, 3.63) is 22.2 Å². The molecular weight excluding hydrogens is 180 g/mol. The number of aryl methyl sites for hydroxylation is 1. The molecule has 1 aromatic rings. The summed E-state index contributed by atoms with van der Waals surface area (Å²) in [6, 6.07) is 1.38. The van der Waals surface area contributed by atoms with Gasteiger partial charge in [-0.15, -0.1) is 0 Å². The van der Waals surface area contributed by atoms with Crippen molar-refractivity contribution in [2.45, 2.75) is 39.7 Å². The zero-order valence-corrected chi connectivity index (χ0v) is 8.83. The van der Waals surface area contributed by atoms with Gasteiger partial charge < -0.3 is 9.72 Å². The Morgan fingerprint density at radius 2 is 2.29 bits per heavy atom. The summed E-state index contributed by atoms with van der Waals surface area (Å²) in [4.78, 5) is 18.0. The minimum atomic E-state index is -0.157. The molecule has 1 N–H and O–H groups in total. The van der Waals surface area contributed by atoms with E-state index in [2.05, 4.69) is 9.97 Å². The van der Waals surface area contributed by atoms with E-state index in [1.54, 1.807) is 0 Å². The summed E-state index contributed by atoms with van der Waals surface area (Å²) >= 11 is 0. The van der Waals surface area contributed by atoms with Crippen molar-refractivity contribution in [3.8, 4) is 5.88 Å². The summed E-state index contributed by atoms with van der Waals surface area (Å²) < 4.78 is 5.46. The fourth-order valence-electron chi connectivity index (χ4n) is 1.00. The van der Waals surface area contributed by atoms with Gasteiger partial charge in [0.25, 0.3) is 5.56 Å². The topological polar surface area (TPSA) is 55.0 Å². The first-order chi connectivity index (χ1) is 6.65. The Morgan fingerprint density at radius 1 is 1.57 bits per heavy atom. The van der Waals surface area contributed by atoms with Gasteiger partial charge in [0.1, 0.15) is 5.82 Å². The molecule has 1 unspecified atom stereocenters. The molecule has 1 atom stereocenters. The minimum absolute atomic E-state index is 0.0917. The second kappa shape index (κ2) is 4.79. The predicted molar refractivity (Wildman–Crippen MR) is 54.6 cm³/mol. The molecule has 0 saturated heterocycles. The van der Waals surface area contributed by atoms with E-state index in [0.29, 0.717) is 18.1 Å². The van der Waals surface area contributed by atoms with E-state index in [0.717, 1.165) is 6.42 Å². The molecule has 0 aliphatic rings. The third kappa shape index (κ3) is 2.87. The SMILES string of the molecule is CCc1nc(OC(C)CC)cc(=O)[nH]1. The average molecular weight is 196 g/mol. The molecule has 0 bridgehead atoms. The Kier molecular flexibility index (Phi) is 3.68. The monoisotopic (exact) mass is 196 g/mol. The number of nitrogens with zero attached hydrogens (tertiary/aromatic N) is 1. The van der Waals surface area contributed by atoms with Crippen molar-refractivity contribution in [1.29, 1.82) is 0 Å². The predicted octanol–water partition coefficient (Wildman–Crippen LogP) is 1.51. The van der Waals surface area contributed by atoms with Crippen molar-refractivity contribution in [3.63, 3.8) is 0 Å². The third-order valence-corrected chi connectivity index (χ3v) is 2.00. The van der Waals surface area contributed by atoms with Crippen LogP contribution in [0.1, 0.15) is 33.0 Å². The molecule has 1 aromatic heterocycles. The van der Waals surface area contributed by atoms with Crippen LogP contribution in [0.15, 0.2) is 10.9 Å². The van der Waals surface area contributed by atoms with Crippen LogP contribution < -0.4 is 10.3 Å². The van der Waals surface area contributed by atoms with E-state index in [4.69, 9.17) is 4.74 Å². The molecule has 1 heterocycles. The highest BCUT2D eigenvalue weighted by atomic mass is 16.5. The van der Waals surface area contributed by atoms with Gasteiger partial charge in [-0.2, -0.15) is 0 Å². The molecule has 0 spiro atoms. The minimum Gasteiger partial charge on any atom is -0.474 e. The molecular formula is C10H16N2O2. The van der Waals surface area contributed by atoms with Crippen molar-refractivity contribution in [1.82, 2.24) is 9.97 Å². The van der Waals surface area contributed by atoms with Gasteiger partial charge in [0, 0.05) is 6.42 Å². The molecule has 1 rings (SSSR count). The molecule has 0 aromatic carbocycles. The smallest absolute Gasteiger partial charge is 0.254 e. The largest absolute Gasteiger partial charge is 0.474 e. The molecule has 4 heteroatoms. The normalized spacial score (nSPS) is 12.5. The number of ether oxygens (including phenoxy) is 1. The summed E-state index contributed by atoms with van der Waals surface area (Å²) in [5, 5.41) is 0. The molecule has 0 aliphatic heterocycles. The first-order valence-corrected chi connectivity index (χ1v) is 4.92. The Bertz CT molecular complexity index is 346. The Balaban J connectivity index is 2.86. The highest BCUT2D eigenvalue weighted by Crippen LogP contribution is 2.07. The number of aromatic nitrogens is 2. The van der Waals surface area contributed by atoms with Crippen LogP contribution in [0.2, 0.25) is 0 Å². The van der Waals surface area contributed by atoms with Crippen molar-refractivity contribution in [2.24, 2.45) is 0 Å². The van der Waals surface area contributed by atoms with Crippen LogP contribution >= 0.6 is 0 Å². The van der Waals surface area contributed by atoms with Gasteiger partial charge in [-0.3, -0.25) is 4.79 Å². The van der Waals surface area contributed by atoms with E-state index in [9.17, 15) is 4.79 Å². The summed E-state index contributed by atoms with van der Waals surface area (Å²) in [5.41, 5.74) is -0.157. The maximum Gasteiger partial charge on any atom is 0.254 e.